The average Bonchev–Trinajstić information content (AvgIpc) is 2.15. The van der Waals surface area contributed by atoms with E-state index in [1.165, 1.54) is 18.9 Å². The lowest BCUT2D eigenvalue weighted by Crippen LogP contribution is -2.35. The third-order valence-electron chi connectivity index (χ3n) is 2.15. The second kappa shape index (κ2) is 4.86. The molecule has 0 radical (unpaired) electrons. The van der Waals surface area contributed by atoms with Gasteiger partial charge in [-0.15, -0.1) is 0 Å². The quantitative estimate of drug-likeness (QED) is 0.386. The van der Waals surface area contributed by atoms with Gasteiger partial charge in [-0.2, -0.15) is 0 Å². The first-order valence-corrected chi connectivity index (χ1v) is 4.29. The fraction of sp³-hybridized carbons (Fsp3) is 0.667. The molecule has 1 saturated heterocycles. The van der Waals surface area contributed by atoms with Crippen molar-refractivity contribution in [1.82, 2.24) is 5.32 Å². The summed E-state index contributed by atoms with van der Waals surface area (Å²) in [4.78, 5) is 13.3. The minimum atomic E-state index is 0.357. The van der Waals surface area contributed by atoms with Gasteiger partial charge in [-0.1, -0.05) is 13.0 Å². The van der Waals surface area contributed by atoms with Crippen molar-refractivity contribution in [1.29, 1.82) is 0 Å². The van der Waals surface area contributed by atoms with Crippen LogP contribution in [0.5, 0.6) is 0 Å². The molecule has 0 aromatic carbocycles. The number of carbonyl (C=O) groups excluding carboxylic acids is 1. The van der Waals surface area contributed by atoms with E-state index in [-0.39, 0.29) is 0 Å². The molecular weight excluding hydrogens is 152 g/mol. The predicted molar refractivity (Wildman–Crippen MR) is 47.8 cm³/mol. The molecule has 1 atom stereocenters. The Morgan fingerprint density at radius 3 is 3.08 bits per heavy atom. The smallest absolute Gasteiger partial charge is 0.235 e. The first-order chi connectivity index (χ1) is 5.84. The number of hydrogen-bond acceptors (Lipinski definition) is 3. The minimum Gasteiger partial charge on any atom is -0.310 e. The Labute approximate surface area is 72.6 Å². The van der Waals surface area contributed by atoms with Gasteiger partial charge in [-0.3, -0.25) is 0 Å². The van der Waals surface area contributed by atoms with E-state index >= 15 is 0 Å². The van der Waals surface area contributed by atoms with Crippen molar-refractivity contribution in [2.45, 2.75) is 25.3 Å². The lowest BCUT2D eigenvalue weighted by molar-refractivity contribution is 0.437. The van der Waals surface area contributed by atoms with Gasteiger partial charge in [-0.25, -0.2) is 9.79 Å². The summed E-state index contributed by atoms with van der Waals surface area (Å²) in [7, 11) is 0. The highest BCUT2D eigenvalue weighted by molar-refractivity contribution is 5.34. The molecule has 0 aliphatic carbocycles. The van der Waals surface area contributed by atoms with Crippen LogP contribution in [0.15, 0.2) is 17.1 Å². The Bertz CT molecular complexity index is 201. The molecule has 0 aromatic heterocycles. The highest BCUT2D eigenvalue weighted by Crippen LogP contribution is 2.13. The van der Waals surface area contributed by atoms with Crippen molar-refractivity contribution in [3.63, 3.8) is 0 Å². The molecular formula is C9H14N2O. The van der Waals surface area contributed by atoms with Gasteiger partial charge >= 0.3 is 0 Å². The largest absolute Gasteiger partial charge is 0.310 e. The third-order valence-corrected chi connectivity index (χ3v) is 2.15. The Hall–Kier alpha value is -0.920. The summed E-state index contributed by atoms with van der Waals surface area (Å²) < 4.78 is 0. The summed E-state index contributed by atoms with van der Waals surface area (Å²) in [5, 5.41) is 3.34. The van der Waals surface area contributed by atoms with Crippen LogP contribution < -0.4 is 5.32 Å². The van der Waals surface area contributed by atoms with E-state index in [4.69, 9.17) is 0 Å². The van der Waals surface area contributed by atoms with Crippen LogP contribution in [0.25, 0.3) is 0 Å². The molecule has 1 unspecified atom stereocenters. The molecule has 66 valence electrons. The van der Waals surface area contributed by atoms with Gasteiger partial charge in [0, 0.05) is 6.04 Å². The molecule has 0 bridgehead atoms. The first-order valence-electron chi connectivity index (χ1n) is 4.29. The molecule has 1 heterocycles. The fourth-order valence-corrected chi connectivity index (χ4v) is 1.44. The lowest BCUT2D eigenvalue weighted by atomic mass is 9.99. The molecule has 1 aliphatic rings. The molecule has 1 fully saturated rings. The monoisotopic (exact) mass is 166 g/mol. The molecule has 3 nitrogen and oxygen atoms in total. The summed E-state index contributed by atoms with van der Waals surface area (Å²) in [6.45, 7) is 5.35. The topological polar surface area (TPSA) is 41.5 Å². The number of rotatable bonds is 3. The van der Waals surface area contributed by atoms with Crippen LogP contribution in [0.4, 0.5) is 0 Å². The van der Waals surface area contributed by atoms with E-state index in [1.54, 1.807) is 0 Å². The van der Waals surface area contributed by atoms with Crippen molar-refractivity contribution < 1.29 is 4.79 Å². The number of aliphatic imine (C=N–C) groups is 1. The van der Waals surface area contributed by atoms with Crippen molar-refractivity contribution in [3.8, 4) is 0 Å². The van der Waals surface area contributed by atoms with Crippen LogP contribution in [-0.2, 0) is 4.79 Å². The maximum absolute atomic E-state index is 9.84. The molecule has 12 heavy (non-hydrogen) atoms. The van der Waals surface area contributed by atoms with E-state index in [2.05, 4.69) is 16.9 Å². The molecule has 0 aromatic rings. The van der Waals surface area contributed by atoms with E-state index < -0.39 is 0 Å². The zero-order chi connectivity index (χ0) is 8.81. The average molecular weight is 166 g/mol. The van der Waals surface area contributed by atoms with Gasteiger partial charge in [0.05, 0.1) is 6.54 Å². The number of piperidine rings is 1. The first kappa shape index (κ1) is 9.17. The van der Waals surface area contributed by atoms with Crippen LogP contribution in [0.1, 0.15) is 19.3 Å². The lowest BCUT2D eigenvalue weighted by Gasteiger charge is -2.24. The molecule has 1 aliphatic heterocycles. The number of hydrogen-bond donors (Lipinski definition) is 1. The van der Waals surface area contributed by atoms with Crippen LogP contribution in [0, 0.1) is 0 Å². The normalized spacial score (nSPS) is 22.8. The minimum absolute atomic E-state index is 0.357. The van der Waals surface area contributed by atoms with E-state index in [9.17, 15) is 4.79 Å². The highest BCUT2D eigenvalue weighted by Gasteiger charge is 2.14. The second-order valence-electron chi connectivity index (χ2n) is 3.07. The standard InChI is InChI=1S/C9H14N2O/c1-8(6-10-7-12)9-4-2-3-5-11-9/h9,11H,1-6H2. The number of nitrogens with zero attached hydrogens (tertiary/aromatic N) is 1. The van der Waals surface area contributed by atoms with Crippen LogP contribution in [-0.4, -0.2) is 25.2 Å². The molecule has 3 heteroatoms. The summed E-state index contributed by atoms with van der Waals surface area (Å²) in [5.74, 6) is 0. The number of isocyanates is 1. The zero-order valence-corrected chi connectivity index (χ0v) is 7.18. The van der Waals surface area contributed by atoms with Crippen molar-refractivity contribution >= 4 is 6.08 Å². The third kappa shape index (κ3) is 2.61. The van der Waals surface area contributed by atoms with Gasteiger partial charge in [-0.05, 0) is 25.0 Å². The zero-order valence-electron chi connectivity index (χ0n) is 7.18. The summed E-state index contributed by atoms with van der Waals surface area (Å²) in [6, 6.07) is 0.357. The van der Waals surface area contributed by atoms with Crippen LogP contribution >= 0.6 is 0 Å². The van der Waals surface area contributed by atoms with Crippen LogP contribution in [0.2, 0.25) is 0 Å². The van der Waals surface area contributed by atoms with Gasteiger partial charge in [0.25, 0.3) is 0 Å². The highest BCUT2D eigenvalue weighted by atomic mass is 16.1. The Morgan fingerprint density at radius 1 is 1.67 bits per heavy atom. The Morgan fingerprint density at radius 2 is 2.50 bits per heavy atom. The molecule has 1 N–H and O–H groups in total. The molecule has 0 spiro atoms. The summed E-state index contributed by atoms with van der Waals surface area (Å²) in [6.07, 6.45) is 5.12. The van der Waals surface area contributed by atoms with E-state index in [0.29, 0.717) is 12.6 Å². The SMILES string of the molecule is C=C(CN=C=O)C1CCCCN1. The van der Waals surface area contributed by atoms with Crippen molar-refractivity contribution in [3.05, 3.63) is 12.2 Å². The van der Waals surface area contributed by atoms with Crippen molar-refractivity contribution in [2.24, 2.45) is 4.99 Å². The van der Waals surface area contributed by atoms with Gasteiger partial charge in [0.2, 0.25) is 6.08 Å². The molecule has 0 saturated carbocycles. The van der Waals surface area contributed by atoms with Gasteiger partial charge < -0.3 is 5.32 Å². The number of nitrogens with one attached hydrogen (secondary N) is 1. The second-order valence-corrected chi connectivity index (χ2v) is 3.07. The maximum Gasteiger partial charge on any atom is 0.235 e. The summed E-state index contributed by atoms with van der Waals surface area (Å²) >= 11 is 0. The fourth-order valence-electron chi connectivity index (χ4n) is 1.44. The molecule has 1 rings (SSSR count). The van der Waals surface area contributed by atoms with Gasteiger partial charge in [0.15, 0.2) is 0 Å². The summed E-state index contributed by atoms with van der Waals surface area (Å²) in [5.41, 5.74) is 0.998. The maximum atomic E-state index is 9.84. The Balaban J connectivity index is 2.34. The Kier molecular flexibility index (Phi) is 3.71. The molecule has 0 amide bonds. The van der Waals surface area contributed by atoms with Gasteiger partial charge in [0.1, 0.15) is 0 Å². The van der Waals surface area contributed by atoms with Crippen molar-refractivity contribution in [2.75, 3.05) is 13.1 Å². The van der Waals surface area contributed by atoms with Crippen LogP contribution in [0.3, 0.4) is 0 Å². The van der Waals surface area contributed by atoms with E-state index in [1.807, 2.05) is 0 Å². The predicted octanol–water partition coefficient (Wildman–Crippen LogP) is 1.02. The van der Waals surface area contributed by atoms with E-state index in [0.717, 1.165) is 18.5 Å².